The lowest BCUT2D eigenvalue weighted by molar-refractivity contribution is -0.747. The van der Waals surface area contributed by atoms with Crippen LogP contribution in [0.1, 0.15) is 36.1 Å². The van der Waals surface area contributed by atoms with Crippen LogP contribution in [0.15, 0.2) is 70.0 Å². The van der Waals surface area contributed by atoms with Gasteiger partial charge in [-0.25, -0.2) is 5.87 Å². The Morgan fingerprint density at radius 3 is 2.48 bits per heavy atom. The second-order valence-electron chi connectivity index (χ2n) is 7.95. The molecule has 2 heterocycles. The van der Waals surface area contributed by atoms with E-state index >= 15 is 0 Å². The summed E-state index contributed by atoms with van der Waals surface area (Å²) in [6, 6.07) is 17.0. The molecule has 0 bridgehead atoms. The van der Waals surface area contributed by atoms with E-state index in [4.69, 9.17) is 0 Å². The monoisotopic (exact) mass is 473 g/mol. The average Bonchev–Trinajstić information content (AvgIpc) is 3.62. The first-order valence-electron chi connectivity index (χ1n) is 9.99. The van der Waals surface area contributed by atoms with Crippen LogP contribution in [-0.2, 0) is 0 Å². The molecule has 0 spiro atoms. The molecule has 0 saturated heterocycles. The average molecular weight is 474 g/mol. The van der Waals surface area contributed by atoms with Crippen LogP contribution in [0.3, 0.4) is 0 Å². The van der Waals surface area contributed by atoms with Crippen LogP contribution < -0.4 is 9.88 Å². The minimum absolute atomic E-state index is 0.0589. The first kappa shape index (κ1) is 21.0. The van der Waals surface area contributed by atoms with E-state index in [1.54, 1.807) is 0 Å². The van der Waals surface area contributed by atoms with Gasteiger partial charge in [-0.2, -0.15) is 15.1 Å². The van der Waals surface area contributed by atoms with Gasteiger partial charge in [0.1, 0.15) is 6.07 Å². The number of hydrogen-bond donors (Lipinski definition) is 2. The van der Waals surface area contributed by atoms with E-state index in [2.05, 4.69) is 27.3 Å². The standard InChI is InChI=1S/C24H20BrN5O/c1-15-4-2-3-11-30(15)23-21(16-5-9-19(25)10-6-16)20(14-28)22(17(12-26)13-27)29-24(23,31)18-7-8-18/h2-6,9-11,18,21,23,29,31H,7-8H2,1H3/t21-,23-,24+/m1/s1. The molecule has 3 atom stereocenters. The lowest BCUT2D eigenvalue weighted by atomic mass is 9.73. The van der Waals surface area contributed by atoms with E-state index in [1.807, 2.05) is 72.1 Å². The van der Waals surface area contributed by atoms with E-state index in [-0.39, 0.29) is 22.8 Å². The molecule has 1 saturated carbocycles. The van der Waals surface area contributed by atoms with Crippen molar-refractivity contribution in [3.05, 3.63) is 86.6 Å². The van der Waals surface area contributed by atoms with Crippen LogP contribution in [0.2, 0.25) is 0 Å². The third-order valence-electron chi connectivity index (χ3n) is 6.10. The van der Waals surface area contributed by atoms with E-state index in [0.29, 0.717) is 0 Å². The van der Waals surface area contributed by atoms with Crippen molar-refractivity contribution in [3.63, 3.8) is 0 Å². The van der Waals surface area contributed by atoms with Crippen LogP contribution in [0, 0.1) is 35.5 Å². The van der Waals surface area contributed by atoms with Crippen LogP contribution in [0.5, 0.6) is 0 Å². The third kappa shape index (κ3) is 3.58. The molecule has 1 aromatic heterocycles. The zero-order valence-electron chi connectivity index (χ0n) is 16.9. The van der Waals surface area contributed by atoms with Gasteiger partial charge in [0.25, 0.3) is 0 Å². The number of hydrogen-bond acceptors (Lipinski definition) is 4. The molecule has 6 nitrogen and oxygen atoms in total. The van der Waals surface area contributed by atoms with Gasteiger partial charge in [0.15, 0.2) is 11.9 Å². The van der Waals surface area contributed by atoms with Gasteiger partial charge in [0.05, 0.1) is 28.8 Å². The Labute approximate surface area is 189 Å². The highest BCUT2D eigenvalue weighted by Crippen LogP contribution is 2.52. The van der Waals surface area contributed by atoms with Crippen molar-refractivity contribution >= 4 is 21.8 Å². The van der Waals surface area contributed by atoms with E-state index < -0.39 is 17.7 Å². The molecule has 31 heavy (non-hydrogen) atoms. The SMILES string of the molecule is Cc1cccc[n+]1[C@@H]1[C@H](c2ccc(Br)cc2)C(C#N)=C(C(=C=[N-])C#N)N[C@]1(O)C1CC1. The fraction of sp³-hybridized carbons (Fsp3) is 0.292. The second-order valence-corrected chi connectivity index (χ2v) is 8.86. The van der Waals surface area contributed by atoms with Crippen molar-refractivity contribution < 1.29 is 9.67 Å². The largest absolute Gasteiger partial charge is 0.762 e. The number of nitrogens with one attached hydrogen (secondary N) is 1. The molecule has 0 radical (unpaired) electrons. The van der Waals surface area contributed by atoms with E-state index in [0.717, 1.165) is 28.6 Å². The number of halogens is 1. The van der Waals surface area contributed by atoms with Crippen molar-refractivity contribution in [2.75, 3.05) is 0 Å². The quantitative estimate of drug-likeness (QED) is 0.402. The summed E-state index contributed by atoms with van der Waals surface area (Å²) in [6.07, 6.45) is 3.55. The molecule has 2 N–H and O–H groups in total. The Hall–Kier alpha value is -3.22. The summed E-state index contributed by atoms with van der Waals surface area (Å²) >= 11 is 3.45. The fourth-order valence-corrected chi connectivity index (χ4v) is 4.74. The Balaban J connectivity index is 2.06. The number of rotatable bonds is 4. The zero-order chi connectivity index (χ0) is 22.2. The molecule has 7 heteroatoms. The number of aromatic nitrogens is 1. The number of nitrogens with zero attached hydrogens (tertiary/aromatic N) is 4. The van der Waals surface area contributed by atoms with Crippen LogP contribution in [-0.4, -0.2) is 16.7 Å². The molecular weight excluding hydrogens is 454 g/mol. The summed E-state index contributed by atoms with van der Waals surface area (Å²) in [4.78, 5) is 0. The number of allylic oxidation sites excluding steroid dienone is 2. The summed E-state index contributed by atoms with van der Waals surface area (Å²) in [5, 5.41) is 44.4. The van der Waals surface area contributed by atoms with Crippen molar-refractivity contribution in [1.82, 2.24) is 5.32 Å². The molecule has 2 aromatic rings. The number of pyridine rings is 1. The minimum atomic E-state index is -1.43. The topological polar surface area (TPSA) is 106 Å². The highest BCUT2D eigenvalue weighted by Gasteiger charge is 2.61. The summed E-state index contributed by atoms with van der Waals surface area (Å²) in [7, 11) is 0. The molecule has 0 amide bonds. The van der Waals surface area contributed by atoms with Crippen LogP contribution in [0.25, 0.3) is 5.41 Å². The van der Waals surface area contributed by atoms with Gasteiger partial charge in [-0.3, -0.25) is 0 Å². The molecule has 0 unspecified atom stereocenters. The first-order chi connectivity index (χ1) is 14.9. The predicted molar refractivity (Wildman–Crippen MR) is 118 cm³/mol. The van der Waals surface area contributed by atoms with Gasteiger partial charge >= 0.3 is 0 Å². The normalized spacial score (nSPS) is 25.1. The molecule has 1 fully saturated rings. The third-order valence-corrected chi connectivity index (χ3v) is 6.63. The molecule has 4 rings (SSSR count). The van der Waals surface area contributed by atoms with E-state index in [1.165, 1.54) is 0 Å². The van der Waals surface area contributed by atoms with Crippen molar-refractivity contribution in [1.29, 1.82) is 10.5 Å². The number of aliphatic hydroxyl groups is 1. The lowest BCUT2D eigenvalue weighted by Gasteiger charge is -2.43. The maximum absolute atomic E-state index is 12.0. The van der Waals surface area contributed by atoms with Crippen molar-refractivity contribution in [3.8, 4) is 12.1 Å². The molecule has 1 aromatic carbocycles. The Bertz CT molecular complexity index is 1200. The summed E-state index contributed by atoms with van der Waals surface area (Å²) in [5.74, 6) is 1.28. The van der Waals surface area contributed by atoms with Crippen molar-refractivity contribution in [2.45, 2.75) is 37.5 Å². The van der Waals surface area contributed by atoms with Gasteiger partial charge in [0, 0.05) is 29.4 Å². The zero-order valence-corrected chi connectivity index (χ0v) is 18.5. The summed E-state index contributed by atoms with van der Waals surface area (Å²) in [6.45, 7) is 1.96. The van der Waals surface area contributed by atoms with Crippen molar-refractivity contribution in [2.24, 2.45) is 5.92 Å². The van der Waals surface area contributed by atoms with E-state index in [9.17, 15) is 21.0 Å². The number of benzene rings is 1. The molecular formula is C24H20BrN5O. The Kier molecular flexibility index (Phi) is 5.52. The summed E-state index contributed by atoms with van der Waals surface area (Å²) in [5.41, 5.74) is 0.524. The van der Waals surface area contributed by atoms with Gasteiger partial charge in [0.2, 0.25) is 11.8 Å². The molecule has 1 aliphatic heterocycles. The predicted octanol–water partition coefficient (Wildman–Crippen LogP) is 3.54. The lowest BCUT2D eigenvalue weighted by Crippen LogP contribution is -2.66. The highest BCUT2D eigenvalue weighted by molar-refractivity contribution is 9.10. The fourth-order valence-electron chi connectivity index (χ4n) is 4.48. The van der Waals surface area contributed by atoms with Gasteiger partial charge in [-0.1, -0.05) is 34.1 Å². The Morgan fingerprint density at radius 2 is 1.94 bits per heavy atom. The second kappa shape index (κ2) is 8.13. The first-order valence-corrected chi connectivity index (χ1v) is 10.8. The van der Waals surface area contributed by atoms with Gasteiger partial charge in [-0.15, -0.1) is 0 Å². The Morgan fingerprint density at radius 1 is 1.23 bits per heavy atom. The minimum Gasteiger partial charge on any atom is -0.762 e. The van der Waals surface area contributed by atoms with Gasteiger partial charge in [-0.05, 0) is 30.5 Å². The number of nitriles is 2. The molecule has 2 aliphatic rings. The maximum atomic E-state index is 12.0. The smallest absolute Gasteiger partial charge is 0.217 e. The maximum Gasteiger partial charge on any atom is 0.217 e. The molecule has 1 aliphatic carbocycles. The van der Waals surface area contributed by atoms with Crippen LogP contribution >= 0.6 is 15.9 Å². The highest BCUT2D eigenvalue weighted by atomic mass is 79.9. The van der Waals surface area contributed by atoms with Crippen LogP contribution in [0.4, 0.5) is 0 Å². The summed E-state index contributed by atoms with van der Waals surface area (Å²) < 4.78 is 2.89. The number of aryl methyl sites for hydroxylation is 1. The molecule has 154 valence electrons. The van der Waals surface area contributed by atoms with Gasteiger partial charge < -0.3 is 15.8 Å².